The Kier molecular flexibility index (Phi) is 9.86. The summed E-state index contributed by atoms with van der Waals surface area (Å²) in [4.78, 5) is 39.7. The summed E-state index contributed by atoms with van der Waals surface area (Å²) in [6, 6.07) is 1.95. The Morgan fingerprint density at radius 2 is 1.98 bits per heavy atom. The van der Waals surface area contributed by atoms with E-state index in [1.54, 1.807) is 16.7 Å². The second-order valence-electron chi connectivity index (χ2n) is 10.7. The van der Waals surface area contributed by atoms with Gasteiger partial charge in [0.25, 0.3) is 0 Å². The van der Waals surface area contributed by atoms with Gasteiger partial charge in [-0.1, -0.05) is 19.4 Å². The molecule has 0 aromatic carbocycles. The molecule has 0 saturated heterocycles. The van der Waals surface area contributed by atoms with Gasteiger partial charge in [-0.25, -0.2) is 14.6 Å². The molecule has 0 radical (unpaired) electrons. The Labute approximate surface area is 253 Å². The Hall–Kier alpha value is -3.94. The molecule has 42 heavy (non-hydrogen) atoms. The quantitative estimate of drug-likeness (QED) is 0.288. The molecule has 14 heteroatoms. The number of rotatable bonds is 9. The summed E-state index contributed by atoms with van der Waals surface area (Å²) in [5.74, 6) is 1.23. The van der Waals surface area contributed by atoms with E-state index < -0.39 is 11.7 Å². The third-order valence-corrected chi connectivity index (χ3v) is 6.98. The standard InChI is InChI=1S/C28H37BrN8O5/c1-7-8-11-30-24-22-21(32-25(33-24)34-26(38)41-6)23(29)35-37(22)16-19-20(40-5)14-18(15-31-19)17-9-12-36(13-10-17)27(39)42-28(2,3)4/h9,14-15H,7-8,10-13,16H2,1-6H3,(H2,30,32,33,34,38). The van der Waals surface area contributed by atoms with Crippen molar-refractivity contribution in [2.75, 3.05) is 44.5 Å². The molecule has 13 nitrogen and oxygen atoms in total. The molecule has 0 bridgehead atoms. The van der Waals surface area contributed by atoms with Crippen LogP contribution >= 0.6 is 15.9 Å². The Balaban J connectivity index is 1.60. The van der Waals surface area contributed by atoms with Crippen LogP contribution in [0.1, 0.15) is 58.2 Å². The zero-order chi connectivity index (χ0) is 30.4. The highest BCUT2D eigenvalue weighted by atomic mass is 79.9. The first kappa shape index (κ1) is 31.0. The summed E-state index contributed by atoms with van der Waals surface area (Å²) >= 11 is 3.50. The number of unbranched alkanes of at least 4 members (excludes halogenated alkanes) is 1. The number of nitrogens with one attached hydrogen (secondary N) is 2. The number of carbonyl (C=O) groups is 2. The lowest BCUT2D eigenvalue weighted by molar-refractivity contribution is 0.0270. The van der Waals surface area contributed by atoms with Crippen LogP contribution in [0.4, 0.5) is 21.4 Å². The van der Waals surface area contributed by atoms with Crippen LogP contribution in [0, 0.1) is 0 Å². The maximum atomic E-state index is 12.4. The number of carbonyl (C=O) groups excluding carboxylic acids is 2. The summed E-state index contributed by atoms with van der Waals surface area (Å²) in [6.45, 7) is 9.65. The van der Waals surface area contributed by atoms with E-state index in [1.807, 2.05) is 39.1 Å². The predicted molar refractivity (Wildman–Crippen MR) is 163 cm³/mol. The molecule has 0 saturated carbocycles. The molecule has 1 aliphatic rings. The highest BCUT2D eigenvalue weighted by Crippen LogP contribution is 2.31. The molecule has 0 unspecified atom stereocenters. The van der Waals surface area contributed by atoms with Crippen molar-refractivity contribution in [3.63, 3.8) is 0 Å². The molecule has 2 amide bonds. The summed E-state index contributed by atoms with van der Waals surface area (Å²) in [5.41, 5.74) is 3.31. The number of nitrogens with zero attached hydrogens (tertiary/aromatic N) is 6. The summed E-state index contributed by atoms with van der Waals surface area (Å²) in [6.07, 6.45) is 5.45. The van der Waals surface area contributed by atoms with E-state index in [0.29, 0.717) is 59.0 Å². The largest absolute Gasteiger partial charge is 0.495 e. The minimum atomic E-state index is -0.669. The van der Waals surface area contributed by atoms with Crippen molar-refractivity contribution in [1.29, 1.82) is 0 Å². The maximum absolute atomic E-state index is 12.4. The number of halogens is 1. The van der Waals surface area contributed by atoms with E-state index in [-0.39, 0.29) is 18.6 Å². The van der Waals surface area contributed by atoms with Crippen molar-refractivity contribution in [2.45, 2.75) is 59.1 Å². The topological polar surface area (TPSA) is 146 Å². The van der Waals surface area contributed by atoms with Crippen molar-refractivity contribution in [1.82, 2.24) is 29.6 Å². The monoisotopic (exact) mass is 644 g/mol. The summed E-state index contributed by atoms with van der Waals surface area (Å²) < 4.78 is 18.2. The second kappa shape index (κ2) is 13.4. The van der Waals surface area contributed by atoms with Gasteiger partial charge >= 0.3 is 12.2 Å². The maximum Gasteiger partial charge on any atom is 0.413 e. The van der Waals surface area contributed by atoms with Gasteiger partial charge in [0, 0.05) is 25.8 Å². The van der Waals surface area contributed by atoms with Crippen molar-refractivity contribution < 1.29 is 23.8 Å². The lowest BCUT2D eigenvalue weighted by Gasteiger charge is -2.29. The van der Waals surface area contributed by atoms with Gasteiger partial charge in [0.1, 0.15) is 28.1 Å². The van der Waals surface area contributed by atoms with Crippen LogP contribution in [0.3, 0.4) is 0 Å². The first-order valence-corrected chi connectivity index (χ1v) is 14.5. The van der Waals surface area contributed by atoms with Gasteiger partial charge in [0.05, 0.1) is 20.8 Å². The third-order valence-electron chi connectivity index (χ3n) is 6.45. The van der Waals surface area contributed by atoms with Crippen molar-refractivity contribution in [3.05, 3.63) is 34.2 Å². The number of pyridine rings is 1. The normalized spacial score (nSPS) is 13.5. The van der Waals surface area contributed by atoms with Crippen LogP contribution in [0.5, 0.6) is 5.75 Å². The van der Waals surface area contributed by atoms with Crippen molar-refractivity contribution in [2.24, 2.45) is 0 Å². The third kappa shape index (κ3) is 7.46. The van der Waals surface area contributed by atoms with Crippen LogP contribution in [0.25, 0.3) is 16.6 Å². The number of aromatic nitrogens is 5. The fourth-order valence-electron chi connectivity index (χ4n) is 4.38. The summed E-state index contributed by atoms with van der Waals surface area (Å²) in [5, 5.41) is 10.5. The first-order valence-electron chi connectivity index (χ1n) is 13.8. The smallest absolute Gasteiger partial charge is 0.413 e. The molecule has 0 spiro atoms. The van der Waals surface area contributed by atoms with Gasteiger partial charge in [0.15, 0.2) is 10.4 Å². The van der Waals surface area contributed by atoms with Gasteiger partial charge in [-0.2, -0.15) is 10.1 Å². The van der Waals surface area contributed by atoms with Crippen LogP contribution in [0.15, 0.2) is 22.9 Å². The fourth-order valence-corrected chi connectivity index (χ4v) is 4.84. The minimum Gasteiger partial charge on any atom is -0.495 e. The zero-order valence-corrected chi connectivity index (χ0v) is 26.4. The number of ether oxygens (including phenoxy) is 3. The molecule has 3 aromatic heterocycles. The number of anilines is 2. The van der Waals surface area contributed by atoms with Crippen LogP contribution in [0.2, 0.25) is 0 Å². The van der Waals surface area contributed by atoms with E-state index in [9.17, 15) is 9.59 Å². The minimum absolute atomic E-state index is 0.0969. The van der Waals surface area contributed by atoms with E-state index >= 15 is 0 Å². The Morgan fingerprint density at radius 3 is 2.62 bits per heavy atom. The van der Waals surface area contributed by atoms with Gasteiger partial charge in [-0.3, -0.25) is 15.0 Å². The number of hydrogen-bond donors (Lipinski definition) is 2. The first-order chi connectivity index (χ1) is 20.0. The SMILES string of the molecule is CCCCNc1nc(NC(=O)OC)nc2c(Br)nn(Cc3ncc(C4=CCN(C(=O)OC(C)(C)C)CC4)cc3OC)c12. The highest BCUT2D eigenvalue weighted by molar-refractivity contribution is 9.10. The molecule has 226 valence electrons. The number of methoxy groups -OCH3 is 2. The fraction of sp³-hybridized carbons (Fsp3) is 0.500. The molecule has 2 N–H and O–H groups in total. The van der Waals surface area contributed by atoms with Gasteiger partial charge in [0.2, 0.25) is 5.95 Å². The lowest BCUT2D eigenvalue weighted by Crippen LogP contribution is -2.39. The van der Waals surface area contributed by atoms with Gasteiger partial charge in [-0.05, 0) is 66.7 Å². The molecule has 0 atom stereocenters. The van der Waals surface area contributed by atoms with Crippen molar-refractivity contribution >= 4 is 56.5 Å². The predicted octanol–water partition coefficient (Wildman–Crippen LogP) is 5.46. The van der Waals surface area contributed by atoms with E-state index in [4.69, 9.17) is 19.2 Å². The Morgan fingerprint density at radius 1 is 1.19 bits per heavy atom. The van der Waals surface area contributed by atoms with Gasteiger partial charge < -0.3 is 24.4 Å². The molecule has 0 aliphatic carbocycles. The van der Waals surface area contributed by atoms with Crippen LogP contribution in [-0.4, -0.2) is 81.3 Å². The lowest BCUT2D eigenvalue weighted by atomic mass is 10.0. The average Bonchev–Trinajstić information content (AvgIpc) is 3.27. The second-order valence-corrected chi connectivity index (χ2v) is 11.5. The molecule has 3 aromatic rings. The summed E-state index contributed by atoms with van der Waals surface area (Å²) in [7, 11) is 2.88. The highest BCUT2D eigenvalue weighted by Gasteiger charge is 2.25. The molecule has 1 aliphatic heterocycles. The molecule has 4 heterocycles. The van der Waals surface area contributed by atoms with Crippen LogP contribution in [-0.2, 0) is 16.0 Å². The van der Waals surface area contributed by atoms with Gasteiger partial charge in [-0.15, -0.1) is 0 Å². The zero-order valence-electron chi connectivity index (χ0n) is 24.8. The van der Waals surface area contributed by atoms with Crippen molar-refractivity contribution in [3.8, 4) is 5.75 Å². The number of hydrogen-bond acceptors (Lipinski definition) is 10. The number of fused-ring (bicyclic) bond motifs is 1. The van der Waals surface area contributed by atoms with E-state index in [1.165, 1.54) is 7.11 Å². The van der Waals surface area contributed by atoms with E-state index in [0.717, 1.165) is 24.0 Å². The molecule has 0 fully saturated rings. The Bertz CT molecular complexity index is 1480. The average molecular weight is 646 g/mol. The molecule has 4 rings (SSSR count). The number of amides is 2. The van der Waals surface area contributed by atoms with E-state index in [2.05, 4.69) is 48.6 Å². The molecular weight excluding hydrogens is 608 g/mol. The van der Waals surface area contributed by atoms with Crippen LogP contribution < -0.4 is 15.4 Å². The molecular formula is C28H37BrN8O5.